The Hall–Kier alpha value is -1.99. The minimum Gasteiger partial charge on any atom is -0.462 e. The molecule has 5 nitrogen and oxygen atoms in total. The van der Waals surface area contributed by atoms with Gasteiger partial charge in [-0.1, -0.05) is 0 Å². The molecular formula is C12H14F3N3O2. The summed E-state index contributed by atoms with van der Waals surface area (Å²) in [6, 6.07) is 1.31. The Morgan fingerprint density at radius 1 is 1.55 bits per heavy atom. The second-order valence-corrected chi connectivity index (χ2v) is 4.55. The second kappa shape index (κ2) is 4.84. The van der Waals surface area contributed by atoms with Gasteiger partial charge in [-0.25, -0.2) is 9.78 Å². The van der Waals surface area contributed by atoms with E-state index >= 15 is 0 Å². The van der Waals surface area contributed by atoms with Crippen LogP contribution in [0.3, 0.4) is 0 Å². The molecule has 0 radical (unpaired) electrons. The Kier molecular flexibility index (Phi) is 3.49. The number of nitrogens with two attached hydrogens (primary N) is 1. The summed E-state index contributed by atoms with van der Waals surface area (Å²) in [4.78, 5) is 15.4. The van der Waals surface area contributed by atoms with E-state index < -0.39 is 17.7 Å². The number of hydrogen-bond donors (Lipinski definition) is 2. The maximum Gasteiger partial charge on any atom is 0.411 e. The van der Waals surface area contributed by atoms with E-state index in [1.54, 1.807) is 6.92 Å². The highest BCUT2D eigenvalue weighted by atomic mass is 19.4. The van der Waals surface area contributed by atoms with Crippen LogP contribution in [0, 0.1) is 0 Å². The number of hydrogen-bond acceptors (Lipinski definition) is 5. The van der Waals surface area contributed by atoms with Crippen molar-refractivity contribution >= 4 is 17.5 Å². The van der Waals surface area contributed by atoms with E-state index in [0.717, 1.165) is 0 Å². The summed E-state index contributed by atoms with van der Waals surface area (Å²) in [7, 11) is 0. The fraction of sp³-hybridized carbons (Fsp3) is 0.500. The summed E-state index contributed by atoms with van der Waals surface area (Å²) in [5, 5.41) is 2.31. The molecule has 1 aliphatic rings. The number of alkyl halides is 3. The Morgan fingerprint density at radius 2 is 2.20 bits per heavy atom. The summed E-state index contributed by atoms with van der Waals surface area (Å²) in [5.74, 6) is -0.835. The van der Waals surface area contributed by atoms with Crippen LogP contribution in [0.2, 0.25) is 0 Å². The highest BCUT2D eigenvalue weighted by Crippen LogP contribution is 2.51. The van der Waals surface area contributed by atoms with Crippen LogP contribution >= 0.6 is 0 Å². The first-order chi connectivity index (χ1) is 9.31. The number of nitrogens with one attached hydrogen (secondary N) is 1. The number of carbonyl (C=O) groups is 1. The zero-order valence-corrected chi connectivity index (χ0v) is 10.8. The average molecular weight is 289 g/mol. The molecule has 0 saturated heterocycles. The first kappa shape index (κ1) is 14.4. The Morgan fingerprint density at radius 3 is 2.70 bits per heavy atom. The lowest BCUT2D eigenvalue weighted by Gasteiger charge is -2.22. The largest absolute Gasteiger partial charge is 0.462 e. The zero-order chi connectivity index (χ0) is 15.0. The number of nitrogen functional groups attached to an aromatic ring is 1. The third-order valence-electron chi connectivity index (χ3n) is 3.14. The van der Waals surface area contributed by atoms with Gasteiger partial charge in [0.05, 0.1) is 17.9 Å². The van der Waals surface area contributed by atoms with Gasteiger partial charge in [0.1, 0.15) is 5.54 Å². The molecule has 3 N–H and O–H groups in total. The Bertz CT molecular complexity index is 527. The van der Waals surface area contributed by atoms with Gasteiger partial charge in [-0.15, -0.1) is 0 Å². The average Bonchev–Trinajstić information content (AvgIpc) is 3.12. The monoisotopic (exact) mass is 289 g/mol. The van der Waals surface area contributed by atoms with E-state index in [0.29, 0.717) is 0 Å². The Balaban J connectivity index is 2.26. The number of pyridine rings is 1. The van der Waals surface area contributed by atoms with Gasteiger partial charge in [0.2, 0.25) is 0 Å². The molecule has 0 spiro atoms. The van der Waals surface area contributed by atoms with Crippen molar-refractivity contribution in [3.8, 4) is 0 Å². The van der Waals surface area contributed by atoms with Crippen LogP contribution in [0.1, 0.15) is 30.1 Å². The standard InChI is InChI=1S/C12H14F3N3O2/c1-2-20-10(19)7-3-6-17-9(8(7)16)18-11(4-5-11)12(13,14)15/h3,6H,2,4-5,16H2,1H3,(H,17,18). The van der Waals surface area contributed by atoms with E-state index in [2.05, 4.69) is 10.3 Å². The zero-order valence-electron chi connectivity index (χ0n) is 10.8. The van der Waals surface area contributed by atoms with Gasteiger partial charge < -0.3 is 15.8 Å². The highest BCUT2D eigenvalue weighted by molar-refractivity contribution is 5.97. The first-order valence-corrected chi connectivity index (χ1v) is 6.07. The molecule has 1 saturated carbocycles. The van der Waals surface area contributed by atoms with Crippen LogP contribution < -0.4 is 11.1 Å². The lowest BCUT2D eigenvalue weighted by atomic mass is 10.2. The molecule has 0 aliphatic heterocycles. The first-order valence-electron chi connectivity index (χ1n) is 6.07. The van der Waals surface area contributed by atoms with E-state index in [4.69, 9.17) is 10.5 Å². The van der Waals surface area contributed by atoms with Gasteiger partial charge in [-0.05, 0) is 25.8 Å². The SMILES string of the molecule is CCOC(=O)c1ccnc(NC2(C(F)(F)F)CC2)c1N. The number of ether oxygens (including phenoxy) is 1. The van der Waals surface area contributed by atoms with Gasteiger partial charge in [0.15, 0.2) is 5.82 Å². The molecule has 1 fully saturated rings. The second-order valence-electron chi connectivity index (χ2n) is 4.55. The smallest absolute Gasteiger partial charge is 0.411 e. The van der Waals surface area contributed by atoms with Gasteiger partial charge in [0.25, 0.3) is 0 Å². The van der Waals surface area contributed by atoms with Crippen molar-refractivity contribution in [1.82, 2.24) is 4.98 Å². The molecule has 0 atom stereocenters. The van der Waals surface area contributed by atoms with Gasteiger partial charge in [0, 0.05) is 6.20 Å². The van der Waals surface area contributed by atoms with Crippen LogP contribution in [0.15, 0.2) is 12.3 Å². The molecule has 2 rings (SSSR count). The van der Waals surface area contributed by atoms with Crippen LogP contribution in [0.25, 0.3) is 0 Å². The molecule has 1 heterocycles. The number of esters is 1. The molecule has 0 aromatic carbocycles. The summed E-state index contributed by atoms with van der Waals surface area (Å²) in [5.41, 5.74) is 3.58. The lowest BCUT2D eigenvalue weighted by Crippen LogP contribution is -2.39. The summed E-state index contributed by atoms with van der Waals surface area (Å²) >= 11 is 0. The van der Waals surface area contributed by atoms with Crippen molar-refractivity contribution in [2.24, 2.45) is 0 Å². The third kappa shape index (κ3) is 2.50. The van der Waals surface area contributed by atoms with Crippen LogP contribution in [-0.2, 0) is 4.74 Å². The van der Waals surface area contributed by atoms with Crippen molar-refractivity contribution < 1.29 is 22.7 Å². The summed E-state index contributed by atoms with van der Waals surface area (Å²) in [6.07, 6.45) is -3.25. The quantitative estimate of drug-likeness (QED) is 0.832. The topological polar surface area (TPSA) is 77.2 Å². The maximum absolute atomic E-state index is 12.9. The van der Waals surface area contributed by atoms with Crippen molar-refractivity contribution in [3.63, 3.8) is 0 Å². The van der Waals surface area contributed by atoms with Crippen LogP contribution in [0.4, 0.5) is 24.7 Å². The number of aromatic nitrogens is 1. The molecule has 20 heavy (non-hydrogen) atoms. The minimum absolute atomic E-state index is 0.00215. The van der Waals surface area contributed by atoms with Crippen LogP contribution in [0.5, 0.6) is 0 Å². The molecule has 110 valence electrons. The molecule has 1 aromatic rings. The molecule has 0 unspecified atom stereocenters. The fourth-order valence-corrected chi connectivity index (χ4v) is 1.79. The highest BCUT2D eigenvalue weighted by Gasteiger charge is 2.63. The number of rotatable bonds is 4. The maximum atomic E-state index is 12.9. The molecule has 0 amide bonds. The molecule has 0 bridgehead atoms. The summed E-state index contributed by atoms with van der Waals surface area (Å²) in [6.45, 7) is 1.77. The molecular weight excluding hydrogens is 275 g/mol. The van der Waals surface area contributed by atoms with Gasteiger partial charge >= 0.3 is 12.1 Å². The fourth-order valence-electron chi connectivity index (χ4n) is 1.79. The minimum atomic E-state index is -4.39. The number of nitrogens with zero attached hydrogens (tertiary/aromatic N) is 1. The molecule has 1 aliphatic carbocycles. The van der Waals surface area contributed by atoms with Gasteiger partial charge in [-0.2, -0.15) is 13.2 Å². The number of anilines is 2. The number of carbonyl (C=O) groups excluding carboxylic acids is 1. The van der Waals surface area contributed by atoms with Crippen LogP contribution in [-0.4, -0.2) is 29.3 Å². The van der Waals surface area contributed by atoms with E-state index in [1.807, 2.05) is 0 Å². The third-order valence-corrected chi connectivity index (χ3v) is 3.14. The predicted octanol–water partition coefficient (Wildman–Crippen LogP) is 2.35. The van der Waals surface area contributed by atoms with Crippen molar-refractivity contribution in [2.75, 3.05) is 17.7 Å². The van der Waals surface area contributed by atoms with E-state index in [1.165, 1.54) is 12.3 Å². The normalized spacial score (nSPS) is 16.6. The van der Waals surface area contributed by atoms with E-state index in [9.17, 15) is 18.0 Å². The summed E-state index contributed by atoms with van der Waals surface area (Å²) < 4.78 is 43.4. The van der Waals surface area contributed by atoms with E-state index in [-0.39, 0.29) is 36.5 Å². The lowest BCUT2D eigenvalue weighted by molar-refractivity contribution is -0.151. The number of halogens is 3. The van der Waals surface area contributed by atoms with Crippen molar-refractivity contribution in [3.05, 3.63) is 17.8 Å². The predicted molar refractivity (Wildman–Crippen MR) is 66.2 cm³/mol. The Labute approximate surface area is 113 Å². The van der Waals surface area contributed by atoms with Crippen molar-refractivity contribution in [1.29, 1.82) is 0 Å². The molecule has 1 aromatic heterocycles. The van der Waals surface area contributed by atoms with Gasteiger partial charge in [-0.3, -0.25) is 0 Å². The molecule has 8 heteroatoms. The van der Waals surface area contributed by atoms with Crippen molar-refractivity contribution in [2.45, 2.75) is 31.5 Å².